The zero-order chi connectivity index (χ0) is 11.7. The van der Waals surface area contributed by atoms with Gasteiger partial charge in [0.1, 0.15) is 5.75 Å². The second kappa shape index (κ2) is 4.14. The van der Waals surface area contributed by atoms with Crippen molar-refractivity contribution in [3.05, 3.63) is 23.8 Å². The highest BCUT2D eigenvalue weighted by Crippen LogP contribution is 2.34. The van der Waals surface area contributed by atoms with Crippen LogP contribution in [0, 0.1) is 0 Å². The van der Waals surface area contributed by atoms with E-state index in [9.17, 15) is 4.79 Å². The highest BCUT2D eigenvalue weighted by molar-refractivity contribution is 5.99. The Bertz CT molecular complexity index is 415. The highest BCUT2D eigenvalue weighted by atomic mass is 16.5. The van der Waals surface area contributed by atoms with Crippen LogP contribution in [0.3, 0.4) is 0 Å². The number of carbonyl (C=O) groups excluding carboxylic acids is 1. The number of hydrogen-bond donors (Lipinski definition) is 1. The third-order valence-corrected chi connectivity index (χ3v) is 2.86. The summed E-state index contributed by atoms with van der Waals surface area (Å²) in [4.78, 5) is 13.6. The molecular formula is C12H16N2O2. The Balaban J connectivity index is 2.37. The van der Waals surface area contributed by atoms with E-state index in [1.807, 2.05) is 18.2 Å². The number of nitrogens with two attached hydrogens (primary N) is 1. The first kappa shape index (κ1) is 11.0. The van der Waals surface area contributed by atoms with Gasteiger partial charge in [0.25, 0.3) is 0 Å². The molecule has 0 saturated carbocycles. The summed E-state index contributed by atoms with van der Waals surface area (Å²) in [5.41, 5.74) is 7.65. The number of amides is 1. The highest BCUT2D eigenvalue weighted by Gasteiger charge is 2.28. The topological polar surface area (TPSA) is 55.6 Å². The third-order valence-electron chi connectivity index (χ3n) is 2.86. The number of hydrogen-bond acceptors (Lipinski definition) is 3. The second-order valence-electron chi connectivity index (χ2n) is 3.99. The Morgan fingerprint density at radius 1 is 1.56 bits per heavy atom. The molecule has 0 fully saturated rings. The third kappa shape index (κ3) is 1.65. The SMILES string of the molecule is COc1cccc2c1CCN2C(=O)[C@@H](C)N. The molecular weight excluding hydrogens is 204 g/mol. The van der Waals surface area contributed by atoms with Crippen molar-refractivity contribution in [1.82, 2.24) is 0 Å². The van der Waals surface area contributed by atoms with Crippen molar-refractivity contribution in [2.45, 2.75) is 19.4 Å². The van der Waals surface area contributed by atoms with E-state index >= 15 is 0 Å². The van der Waals surface area contributed by atoms with Crippen LogP contribution in [0.5, 0.6) is 5.75 Å². The van der Waals surface area contributed by atoms with Crippen LogP contribution in [0.25, 0.3) is 0 Å². The fraction of sp³-hybridized carbons (Fsp3) is 0.417. The molecule has 86 valence electrons. The van der Waals surface area contributed by atoms with Gasteiger partial charge in [0.2, 0.25) is 5.91 Å². The van der Waals surface area contributed by atoms with Crippen LogP contribution in [0.15, 0.2) is 18.2 Å². The van der Waals surface area contributed by atoms with Crippen molar-refractivity contribution in [2.24, 2.45) is 5.73 Å². The number of benzene rings is 1. The van der Waals surface area contributed by atoms with Crippen molar-refractivity contribution in [3.63, 3.8) is 0 Å². The van der Waals surface area contributed by atoms with Gasteiger partial charge in [-0.1, -0.05) is 6.07 Å². The van der Waals surface area contributed by atoms with Crippen LogP contribution in [0.4, 0.5) is 5.69 Å². The molecule has 0 aromatic heterocycles. The standard InChI is InChI=1S/C12H16N2O2/c1-8(13)12(15)14-7-6-9-10(14)4-3-5-11(9)16-2/h3-5,8H,6-7,13H2,1-2H3/t8-/m1/s1. The van der Waals surface area contributed by atoms with Crippen molar-refractivity contribution in [1.29, 1.82) is 0 Å². The number of nitrogens with zero attached hydrogens (tertiary/aromatic N) is 1. The van der Waals surface area contributed by atoms with Crippen molar-refractivity contribution >= 4 is 11.6 Å². The predicted molar refractivity (Wildman–Crippen MR) is 62.7 cm³/mol. The summed E-state index contributed by atoms with van der Waals surface area (Å²) < 4.78 is 5.28. The zero-order valence-corrected chi connectivity index (χ0v) is 9.56. The summed E-state index contributed by atoms with van der Waals surface area (Å²) in [7, 11) is 1.64. The van der Waals surface area contributed by atoms with E-state index < -0.39 is 6.04 Å². The van der Waals surface area contributed by atoms with Gasteiger partial charge in [-0.25, -0.2) is 0 Å². The molecule has 16 heavy (non-hydrogen) atoms. The Labute approximate surface area is 95.0 Å². The summed E-state index contributed by atoms with van der Waals surface area (Å²) >= 11 is 0. The molecule has 4 nitrogen and oxygen atoms in total. The van der Waals surface area contributed by atoms with Crippen molar-refractivity contribution in [2.75, 3.05) is 18.6 Å². The molecule has 4 heteroatoms. The van der Waals surface area contributed by atoms with E-state index in [1.54, 1.807) is 18.9 Å². The Morgan fingerprint density at radius 3 is 2.94 bits per heavy atom. The van der Waals surface area contributed by atoms with E-state index in [-0.39, 0.29) is 5.91 Å². The van der Waals surface area contributed by atoms with Gasteiger partial charge in [0.05, 0.1) is 18.8 Å². The molecule has 1 atom stereocenters. The van der Waals surface area contributed by atoms with Crippen molar-refractivity contribution in [3.8, 4) is 5.75 Å². The molecule has 1 aromatic carbocycles. The minimum absolute atomic E-state index is 0.0352. The lowest BCUT2D eigenvalue weighted by molar-refractivity contribution is -0.119. The molecule has 0 radical (unpaired) electrons. The number of carbonyl (C=O) groups is 1. The van der Waals surface area contributed by atoms with Crippen molar-refractivity contribution < 1.29 is 9.53 Å². The molecule has 1 aromatic rings. The predicted octanol–water partition coefficient (Wildman–Crippen LogP) is 0.931. The lowest BCUT2D eigenvalue weighted by atomic mass is 10.1. The maximum Gasteiger partial charge on any atom is 0.243 e. The fourth-order valence-electron chi connectivity index (χ4n) is 2.07. The van der Waals surface area contributed by atoms with Crippen LogP contribution in [-0.2, 0) is 11.2 Å². The quantitative estimate of drug-likeness (QED) is 0.806. The number of fused-ring (bicyclic) bond motifs is 1. The summed E-state index contributed by atoms with van der Waals surface area (Å²) in [6.07, 6.45) is 0.831. The summed E-state index contributed by atoms with van der Waals surface area (Å²) in [6.45, 7) is 2.40. The maximum atomic E-state index is 11.9. The van der Waals surface area contributed by atoms with E-state index in [4.69, 9.17) is 10.5 Å². The molecule has 0 unspecified atom stereocenters. The van der Waals surface area contributed by atoms with E-state index in [2.05, 4.69) is 0 Å². The monoisotopic (exact) mass is 220 g/mol. The lowest BCUT2D eigenvalue weighted by Gasteiger charge is -2.19. The second-order valence-corrected chi connectivity index (χ2v) is 3.99. The van der Waals surface area contributed by atoms with Gasteiger partial charge in [-0.15, -0.1) is 0 Å². The molecule has 1 aliphatic heterocycles. The van der Waals surface area contributed by atoms with Gasteiger partial charge >= 0.3 is 0 Å². The first-order valence-electron chi connectivity index (χ1n) is 5.38. The summed E-state index contributed by atoms with van der Waals surface area (Å²) in [5, 5.41) is 0. The van der Waals surface area contributed by atoms with Gasteiger partial charge in [0.15, 0.2) is 0 Å². The van der Waals surface area contributed by atoms with Crippen LogP contribution < -0.4 is 15.4 Å². The fourth-order valence-corrected chi connectivity index (χ4v) is 2.07. The Hall–Kier alpha value is -1.55. The molecule has 0 bridgehead atoms. The zero-order valence-electron chi connectivity index (χ0n) is 9.56. The molecule has 2 N–H and O–H groups in total. The molecule has 0 saturated heterocycles. The molecule has 1 amide bonds. The maximum absolute atomic E-state index is 11.9. The molecule has 0 spiro atoms. The van der Waals surface area contributed by atoms with Gasteiger partial charge in [-0.3, -0.25) is 4.79 Å². The van der Waals surface area contributed by atoms with Gasteiger partial charge in [0, 0.05) is 12.1 Å². The van der Waals surface area contributed by atoms with Gasteiger partial charge < -0.3 is 15.4 Å². The molecule has 2 rings (SSSR count). The normalized spacial score (nSPS) is 15.8. The lowest BCUT2D eigenvalue weighted by Crippen LogP contribution is -2.41. The van der Waals surface area contributed by atoms with Gasteiger partial charge in [-0.2, -0.15) is 0 Å². The number of anilines is 1. The summed E-state index contributed by atoms with van der Waals surface area (Å²) in [5.74, 6) is 0.810. The largest absolute Gasteiger partial charge is 0.496 e. The Kier molecular flexibility index (Phi) is 2.83. The molecule has 0 aliphatic carbocycles. The van der Waals surface area contributed by atoms with Gasteiger partial charge in [-0.05, 0) is 25.5 Å². The van der Waals surface area contributed by atoms with Crippen LogP contribution in [0.2, 0.25) is 0 Å². The minimum Gasteiger partial charge on any atom is -0.496 e. The number of ether oxygens (including phenoxy) is 1. The van der Waals surface area contributed by atoms with E-state index in [1.165, 1.54) is 0 Å². The number of rotatable bonds is 2. The van der Waals surface area contributed by atoms with Crippen LogP contribution in [0.1, 0.15) is 12.5 Å². The average Bonchev–Trinajstić information content (AvgIpc) is 2.71. The average molecular weight is 220 g/mol. The first-order chi connectivity index (χ1) is 7.65. The van der Waals surface area contributed by atoms with E-state index in [0.717, 1.165) is 23.4 Å². The molecule has 1 heterocycles. The first-order valence-corrected chi connectivity index (χ1v) is 5.38. The Morgan fingerprint density at radius 2 is 2.31 bits per heavy atom. The van der Waals surface area contributed by atoms with E-state index in [0.29, 0.717) is 6.54 Å². The molecule has 1 aliphatic rings. The summed E-state index contributed by atoms with van der Waals surface area (Å²) in [6, 6.07) is 5.28. The number of methoxy groups -OCH3 is 1. The van der Waals surface area contributed by atoms with Crippen LogP contribution >= 0.6 is 0 Å². The van der Waals surface area contributed by atoms with Crippen LogP contribution in [-0.4, -0.2) is 25.6 Å². The smallest absolute Gasteiger partial charge is 0.243 e. The minimum atomic E-state index is -0.461.